The summed E-state index contributed by atoms with van der Waals surface area (Å²) < 4.78 is 1.94. The van der Waals surface area contributed by atoms with Gasteiger partial charge in [0.2, 0.25) is 0 Å². The summed E-state index contributed by atoms with van der Waals surface area (Å²) in [5.41, 5.74) is 1.75. The van der Waals surface area contributed by atoms with Crippen LogP contribution in [0.4, 0.5) is 0 Å². The highest BCUT2D eigenvalue weighted by molar-refractivity contribution is 7.98. The summed E-state index contributed by atoms with van der Waals surface area (Å²) in [6.45, 7) is 0. The summed E-state index contributed by atoms with van der Waals surface area (Å²) in [5.74, 6) is -0.213. The van der Waals surface area contributed by atoms with Gasteiger partial charge in [0.25, 0.3) is 0 Å². The van der Waals surface area contributed by atoms with E-state index in [2.05, 4.69) is 10.2 Å². The second-order valence-corrected chi connectivity index (χ2v) is 6.11. The van der Waals surface area contributed by atoms with Crippen molar-refractivity contribution >= 4 is 40.8 Å². The third-order valence-corrected chi connectivity index (χ3v) is 4.89. The molecule has 0 fully saturated rings. The summed E-state index contributed by atoms with van der Waals surface area (Å²) in [4.78, 5) is 11.7. The molecule has 0 aliphatic rings. The number of thiophene rings is 1. The average Bonchev–Trinajstić information content (AvgIpc) is 3.09. The zero-order valence-electron chi connectivity index (χ0n) is 10.8. The van der Waals surface area contributed by atoms with Gasteiger partial charge in [-0.15, -0.1) is 21.5 Å². The van der Waals surface area contributed by atoms with Crippen LogP contribution in [0.15, 0.2) is 47.1 Å². The highest BCUT2D eigenvalue weighted by atomic mass is 32.2. The first kappa shape index (κ1) is 13.8. The number of carboxylic acid groups (broad SMARTS) is 1. The predicted octanol–water partition coefficient (Wildman–Crippen LogP) is 3.18. The summed E-state index contributed by atoms with van der Waals surface area (Å²) in [6, 6.07) is 7.68. The number of hydrogen-bond donors (Lipinski definition) is 1. The molecule has 0 atom stereocenters. The number of aromatic nitrogens is 3. The molecule has 0 amide bonds. The lowest BCUT2D eigenvalue weighted by atomic mass is 10.2. The molecule has 106 valence electrons. The van der Waals surface area contributed by atoms with Gasteiger partial charge in [0.05, 0.1) is 0 Å². The third kappa shape index (κ3) is 3.14. The fourth-order valence-corrected chi connectivity index (χ4v) is 3.74. The molecular weight excluding hydrogens is 306 g/mol. The Morgan fingerprint density at radius 1 is 1.38 bits per heavy atom. The van der Waals surface area contributed by atoms with Crippen molar-refractivity contribution in [2.75, 3.05) is 0 Å². The van der Waals surface area contributed by atoms with Gasteiger partial charge < -0.3 is 5.11 Å². The van der Waals surface area contributed by atoms with Crippen molar-refractivity contribution in [3.05, 3.63) is 52.4 Å². The largest absolute Gasteiger partial charge is 0.478 e. The number of rotatable bonds is 5. The Labute approximate surface area is 129 Å². The molecule has 0 unspecified atom stereocenters. The molecule has 5 nitrogen and oxygen atoms in total. The average molecular weight is 317 g/mol. The molecule has 21 heavy (non-hydrogen) atoms. The Morgan fingerprint density at radius 3 is 3.14 bits per heavy atom. The lowest BCUT2D eigenvalue weighted by Crippen LogP contribution is -1.88. The molecular formula is C14H11N3O2S2. The third-order valence-electron chi connectivity index (χ3n) is 2.80. The predicted molar refractivity (Wildman–Crippen MR) is 83.5 cm³/mol. The van der Waals surface area contributed by atoms with E-state index in [0.29, 0.717) is 0 Å². The standard InChI is InChI=1S/C14H11N3O2S2/c18-13(19)5-4-10-6-8-20-11(10)9-21-14-16-15-12-3-1-2-7-17(12)14/h1-8H,9H2,(H,18,19). The number of hydrogen-bond acceptors (Lipinski definition) is 5. The fourth-order valence-electron chi connectivity index (χ4n) is 1.83. The second kappa shape index (κ2) is 6.11. The Hall–Kier alpha value is -2.12. The van der Waals surface area contributed by atoms with Gasteiger partial charge in [0.1, 0.15) is 0 Å². The van der Waals surface area contributed by atoms with Gasteiger partial charge in [0.15, 0.2) is 10.8 Å². The van der Waals surface area contributed by atoms with E-state index in [0.717, 1.165) is 33.1 Å². The Kier molecular flexibility index (Phi) is 4.03. The Balaban J connectivity index is 1.76. The van der Waals surface area contributed by atoms with Crippen LogP contribution in [-0.4, -0.2) is 25.7 Å². The first-order valence-corrected chi connectivity index (χ1v) is 8.00. The van der Waals surface area contributed by atoms with Crippen LogP contribution in [0.25, 0.3) is 11.7 Å². The van der Waals surface area contributed by atoms with Gasteiger partial charge in [-0.05, 0) is 35.2 Å². The molecule has 3 aromatic heterocycles. The minimum atomic E-state index is -0.941. The van der Waals surface area contributed by atoms with Crippen molar-refractivity contribution in [3.63, 3.8) is 0 Å². The van der Waals surface area contributed by atoms with Gasteiger partial charge in [0, 0.05) is 22.9 Å². The normalized spacial score (nSPS) is 11.4. The monoisotopic (exact) mass is 317 g/mol. The molecule has 3 heterocycles. The van der Waals surface area contributed by atoms with Crippen molar-refractivity contribution in [2.45, 2.75) is 10.9 Å². The van der Waals surface area contributed by atoms with E-state index in [1.165, 1.54) is 0 Å². The van der Waals surface area contributed by atoms with Gasteiger partial charge in [-0.2, -0.15) is 0 Å². The van der Waals surface area contributed by atoms with E-state index in [9.17, 15) is 4.79 Å². The maximum atomic E-state index is 10.6. The number of nitrogens with zero attached hydrogens (tertiary/aromatic N) is 3. The quantitative estimate of drug-likeness (QED) is 0.578. The molecule has 0 spiro atoms. The topological polar surface area (TPSA) is 67.5 Å². The fraction of sp³-hybridized carbons (Fsp3) is 0.0714. The zero-order chi connectivity index (χ0) is 14.7. The number of fused-ring (bicyclic) bond motifs is 1. The number of carboxylic acids is 1. The van der Waals surface area contributed by atoms with Crippen LogP contribution in [0.3, 0.4) is 0 Å². The molecule has 0 aliphatic carbocycles. The number of aliphatic carboxylic acids is 1. The van der Waals surface area contributed by atoms with Gasteiger partial charge in [-0.25, -0.2) is 4.79 Å². The van der Waals surface area contributed by atoms with Crippen molar-refractivity contribution < 1.29 is 9.90 Å². The van der Waals surface area contributed by atoms with Gasteiger partial charge >= 0.3 is 5.97 Å². The van der Waals surface area contributed by atoms with E-state index in [1.807, 2.05) is 40.2 Å². The van der Waals surface area contributed by atoms with Gasteiger partial charge in [-0.3, -0.25) is 4.40 Å². The molecule has 7 heteroatoms. The van der Waals surface area contributed by atoms with Crippen LogP contribution < -0.4 is 0 Å². The zero-order valence-corrected chi connectivity index (χ0v) is 12.5. The molecule has 1 N–H and O–H groups in total. The van der Waals surface area contributed by atoms with E-state index in [4.69, 9.17) is 5.11 Å². The van der Waals surface area contributed by atoms with E-state index in [1.54, 1.807) is 29.2 Å². The molecule has 0 saturated carbocycles. The summed E-state index contributed by atoms with van der Waals surface area (Å²) in [7, 11) is 0. The lowest BCUT2D eigenvalue weighted by Gasteiger charge is -2.00. The number of thioether (sulfide) groups is 1. The van der Waals surface area contributed by atoms with Crippen LogP contribution in [0.5, 0.6) is 0 Å². The molecule has 0 aromatic carbocycles. The highest BCUT2D eigenvalue weighted by Crippen LogP contribution is 2.27. The van der Waals surface area contributed by atoms with Crippen LogP contribution in [0.1, 0.15) is 10.4 Å². The second-order valence-electron chi connectivity index (χ2n) is 4.17. The van der Waals surface area contributed by atoms with Crippen molar-refractivity contribution in [1.29, 1.82) is 0 Å². The molecule has 0 bridgehead atoms. The van der Waals surface area contributed by atoms with Crippen LogP contribution in [-0.2, 0) is 10.5 Å². The number of pyridine rings is 1. The Morgan fingerprint density at radius 2 is 2.29 bits per heavy atom. The minimum Gasteiger partial charge on any atom is -0.478 e. The van der Waals surface area contributed by atoms with Crippen LogP contribution in [0, 0.1) is 0 Å². The smallest absolute Gasteiger partial charge is 0.328 e. The van der Waals surface area contributed by atoms with Crippen LogP contribution in [0.2, 0.25) is 0 Å². The number of carbonyl (C=O) groups is 1. The van der Waals surface area contributed by atoms with Crippen molar-refractivity contribution in [3.8, 4) is 0 Å². The molecule has 0 saturated heterocycles. The van der Waals surface area contributed by atoms with Gasteiger partial charge in [-0.1, -0.05) is 17.8 Å². The molecule has 3 aromatic rings. The molecule has 0 aliphatic heterocycles. The van der Waals surface area contributed by atoms with E-state index >= 15 is 0 Å². The van der Waals surface area contributed by atoms with Crippen LogP contribution >= 0.6 is 23.1 Å². The van der Waals surface area contributed by atoms with E-state index in [-0.39, 0.29) is 0 Å². The first-order chi connectivity index (χ1) is 10.2. The maximum absolute atomic E-state index is 10.6. The van der Waals surface area contributed by atoms with Crippen molar-refractivity contribution in [2.24, 2.45) is 0 Å². The first-order valence-electron chi connectivity index (χ1n) is 6.14. The summed E-state index contributed by atoms with van der Waals surface area (Å²) in [6.07, 6.45) is 4.71. The van der Waals surface area contributed by atoms with E-state index < -0.39 is 5.97 Å². The highest BCUT2D eigenvalue weighted by Gasteiger charge is 2.08. The Bertz CT molecular complexity index is 807. The summed E-state index contributed by atoms with van der Waals surface area (Å²) >= 11 is 3.19. The SMILES string of the molecule is O=C(O)C=Cc1ccsc1CSc1nnc2ccccn12. The maximum Gasteiger partial charge on any atom is 0.328 e. The van der Waals surface area contributed by atoms with Crippen molar-refractivity contribution in [1.82, 2.24) is 14.6 Å². The molecule has 3 rings (SSSR count). The molecule has 0 radical (unpaired) electrons. The summed E-state index contributed by atoms with van der Waals surface area (Å²) in [5, 5.41) is 19.7. The minimum absolute atomic E-state index is 0.729. The lowest BCUT2D eigenvalue weighted by molar-refractivity contribution is -0.131.